The minimum atomic E-state index is -0.798. The van der Waals surface area contributed by atoms with Gasteiger partial charge < -0.3 is 9.84 Å². The van der Waals surface area contributed by atoms with Crippen molar-refractivity contribution in [3.05, 3.63) is 42.5 Å². The number of ether oxygens (including phenoxy) is 1. The van der Waals surface area contributed by atoms with Gasteiger partial charge in [0.15, 0.2) is 0 Å². The van der Waals surface area contributed by atoms with Crippen LogP contribution in [0.15, 0.2) is 42.5 Å². The number of fused-ring (bicyclic) bond motifs is 1. The van der Waals surface area contributed by atoms with Crippen LogP contribution in [0.5, 0.6) is 5.75 Å². The normalized spacial score (nSPS) is 10.5. The Morgan fingerprint density at radius 2 is 1.86 bits per heavy atom. The number of nitrogens with zero attached hydrogens (tertiary/aromatic N) is 1. The Hall–Kier alpha value is -1.78. The molecule has 0 spiro atoms. The fraction of sp³-hybridized carbons (Fsp3) is 0.353. The Morgan fingerprint density at radius 3 is 2.59 bits per heavy atom. The topological polar surface area (TPSA) is 49.8 Å². The number of aliphatic carboxylic acids is 1. The van der Waals surface area contributed by atoms with E-state index in [0.29, 0.717) is 13.2 Å². The molecule has 2 aromatic rings. The van der Waals surface area contributed by atoms with Gasteiger partial charge in [-0.2, -0.15) is 0 Å². The average molecular weight is 324 g/mol. The lowest BCUT2D eigenvalue weighted by molar-refractivity contribution is -0.138. The van der Waals surface area contributed by atoms with Crippen LogP contribution >= 0.6 is 12.4 Å². The number of halogens is 1. The molecule has 0 fully saturated rings. The van der Waals surface area contributed by atoms with E-state index in [1.807, 2.05) is 42.2 Å². The van der Waals surface area contributed by atoms with E-state index in [0.717, 1.165) is 29.5 Å². The van der Waals surface area contributed by atoms with Crippen molar-refractivity contribution in [2.45, 2.75) is 13.3 Å². The van der Waals surface area contributed by atoms with Crippen molar-refractivity contribution in [3.8, 4) is 5.75 Å². The maximum atomic E-state index is 10.8. The summed E-state index contributed by atoms with van der Waals surface area (Å²) in [5, 5.41) is 11.1. The second-order valence-electron chi connectivity index (χ2n) is 5.00. The summed E-state index contributed by atoms with van der Waals surface area (Å²) in [5.74, 6) is 0.0495. The number of carbonyl (C=O) groups is 1. The molecular weight excluding hydrogens is 302 g/mol. The molecule has 2 aromatic carbocycles. The first kappa shape index (κ1) is 18.3. The highest BCUT2D eigenvalue weighted by molar-refractivity contribution is 5.88. The molecule has 1 N–H and O–H groups in total. The van der Waals surface area contributed by atoms with E-state index in [-0.39, 0.29) is 19.0 Å². The minimum Gasteiger partial charge on any atom is -0.492 e. The van der Waals surface area contributed by atoms with Crippen LogP contribution in [-0.2, 0) is 4.79 Å². The van der Waals surface area contributed by atoms with Gasteiger partial charge >= 0.3 is 5.97 Å². The fourth-order valence-corrected chi connectivity index (χ4v) is 2.38. The van der Waals surface area contributed by atoms with Gasteiger partial charge in [0, 0.05) is 11.9 Å². The predicted octanol–water partition coefficient (Wildman–Crippen LogP) is 3.44. The lowest BCUT2D eigenvalue weighted by Crippen LogP contribution is -2.34. The molecule has 0 heterocycles. The van der Waals surface area contributed by atoms with Gasteiger partial charge in [0.05, 0.1) is 6.54 Å². The van der Waals surface area contributed by atoms with E-state index in [1.165, 1.54) is 0 Å². The second-order valence-corrected chi connectivity index (χ2v) is 5.00. The lowest BCUT2D eigenvalue weighted by Gasteiger charge is -2.19. The van der Waals surface area contributed by atoms with Crippen molar-refractivity contribution < 1.29 is 14.6 Å². The van der Waals surface area contributed by atoms with Gasteiger partial charge in [-0.05, 0) is 24.4 Å². The van der Waals surface area contributed by atoms with E-state index >= 15 is 0 Å². The minimum absolute atomic E-state index is 0. The van der Waals surface area contributed by atoms with E-state index in [9.17, 15) is 4.79 Å². The number of hydrogen-bond acceptors (Lipinski definition) is 3. The Balaban J connectivity index is 0.00000242. The van der Waals surface area contributed by atoms with Gasteiger partial charge in [-0.3, -0.25) is 9.69 Å². The summed E-state index contributed by atoms with van der Waals surface area (Å²) in [5.41, 5.74) is 0. The summed E-state index contributed by atoms with van der Waals surface area (Å²) in [7, 11) is 0. The van der Waals surface area contributed by atoms with Crippen LogP contribution in [0.25, 0.3) is 10.8 Å². The van der Waals surface area contributed by atoms with Crippen LogP contribution in [0.3, 0.4) is 0 Å². The van der Waals surface area contributed by atoms with Crippen LogP contribution in [-0.4, -0.2) is 42.2 Å². The largest absolute Gasteiger partial charge is 0.492 e. The SMILES string of the molecule is CCCN(CCOc1cccc2ccccc12)CC(=O)O.Cl. The zero-order valence-electron chi connectivity index (χ0n) is 12.7. The third kappa shape index (κ3) is 5.20. The molecule has 4 nitrogen and oxygen atoms in total. The number of carboxylic acids is 1. The molecule has 120 valence electrons. The second kappa shape index (κ2) is 9.28. The molecule has 5 heteroatoms. The first-order valence-corrected chi connectivity index (χ1v) is 7.25. The molecule has 0 saturated heterocycles. The van der Waals surface area contributed by atoms with Gasteiger partial charge in [0.2, 0.25) is 0 Å². The molecule has 0 amide bonds. The van der Waals surface area contributed by atoms with Crippen molar-refractivity contribution in [1.29, 1.82) is 0 Å². The monoisotopic (exact) mass is 323 g/mol. The zero-order valence-corrected chi connectivity index (χ0v) is 13.5. The maximum absolute atomic E-state index is 10.8. The summed E-state index contributed by atoms with van der Waals surface area (Å²) in [6.07, 6.45) is 0.932. The van der Waals surface area contributed by atoms with Crippen molar-refractivity contribution >= 4 is 29.1 Å². The van der Waals surface area contributed by atoms with E-state index in [1.54, 1.807) is 0 Å². The van der Waals surface area contributed by atoms with Crippen LogP contribution in [0.2, 0.25) is 0 Å². The van der Waals surface area contributed by atoms with Gasteiger partial charge in [0.1, 0.15) is 12.4 Å². The molecule has 0 bridgehead atoms. The number of carboxylic acid groups (broad SMARTS) is 1. The average Bonchev–Trinajstić information content (AvgIpc) is 2.47. The third-order valence-electron chi connectivity index (χ3n) is 3.31. The van der Waals surface area contributed by atoms with Crippen molar-refractivity contribution in [2.24, 2.45) is 0 Å². The van der Waals surface area contributed by atoms with E-state index < -0.39 is 5.97 Å². The van der Waals surface area contributed by atoms with Gasteiger partial charge in [-0.1, -0.05) is 43.3 Å². The number of benzene rings is 2. The smallest absolute Gasteiger partial charge is 0.317 e. The van der Waals surface area contributed by atoms with Crippen molar-refractivity contribution in [1.82, 2.24) is 4.90 Å². The van der Waals surface area contributed by atoms with E-state index in [4.69, 9.17) is 9.84 Å². The Morgan fingerprint density at radius 1 is 1.14 bits per heavy atom. The molecule has 0 atom stereocenters. The highest BCUT2D eigenvalue weighted by Crippen LogP contribution is 2.24. The quantitative estimate of drug-likeness (QED) is 0.808. The highest BCUT2D eigenvalue weighted by Gasteiger charge is 2.09. The standard InChI is InChI=1S/C17H21NO3.ClH/c1-2-10-18(13-17(19)20)11-12-21-16-9-5-7-14-6-3-4-8-15(14)16;/h3-9H,2,10-13H2,1H3,(H,19,20);1H. The maximum Gasteiger partial charge on any atom is 0.317 e. The van der Waals surface area contributed by atoms with Gasteiger partial charge in [-0.15, -0.1) is 12.4 Å². The molecule has 22 heavy (non-hydrogen) atoms. The molecule has 2 rings (SSSR count). The van der Waals surface area contributed by atoms with Crippen molar-refractivity contribution in [2.75, 3.05) is 26.2 Å². The van der Waals surface area contributed by atoms with Crippen molar-refractivity contribution in [3.63, 3.8) is 0 Å². The fourth-order valence-electron chi connectivity index (χ4n) is 2.38. The molecular formula is C17H22ClNO3. The summed E-state index contributed by atoms with van der Waals surface area (Å²) in [4.78, 5) is 12.7. The summed E-state index contributed by atoms with van der Waals surface area (Å²) in [6.45, 7) is 3.98. The molecule has 0 saturated carbocycles. The molecule has 0 aliphatic rings. The van der Waals surface area contributed by atoms with Crippen LogP contribution < -0.4 is 4.74 Å². The van der Waals surface area contributed by atoms with E-state index in [2.05, 4.69) is 12.1 Å². The third-order valence-corrected chi connectivity index (χ3v) is 3.31. The first-order valence-electron chi connectivity index (χ1n) is 7.25. The molecule has 0 unspecified atom stereocenters. The number of hydrogen-bond donors (Lipinski definition) is 1. The molecule has 0 aliphatic carbocycles. The Bertz CT molecular complexity index is 598. The van der Waals surface area contributed by atoms with Gasteiger partial charge in [-0.25, -0.2) is 0 Å². The zero-order chi connectivity index (χ0) is 15.1. The van der Waals surface area contributed by atoms with Crippen LogP contribution in [0.4, 0.5) is 0 Å². The molecule has 0 radical (unpaired) electrons. The Labute approximate surface area is 137 Å². The lowest BCUT2D eigenvalue weighted by atomic mass is 10.1. The highest BCUT2D eigenvalue weighted by atomic mass is 35.5. The summed E-state index contributed by atoms with van der Waals surface area (Å²) in [6, 6.07) is 14.0. The predicted molar refractivity (Wildman–Crippen MR) is 91.1 cm³/mol. The Kier molecular flexibility index (Phi) is 7.71. The van der Waals surface area contributed by atoms with Crippen LogP contribution in [0.1, 0.15) is 13.3 Å². The molecule has 0 aliphatic heterocycles. The summed E-state index contributed by atoms with van der Waals surface area (Å²) >= 11 is 0. The number of rotatable bonds is 8. The van der Waals surface area contributed by atoms with Crippen LogP contribution in [0, 0.1) is 0 Å². The first-order chi connectivity index (χ1) is 10.2. The van der Waals surface area contributed by atoms with Gasteiger partial charge in [0.25, 0.3) is 0 Å². The molecule has 0 aromatic heterocycles. The summed E-state index contributed by atoms with van der Waals surface area (Å²) < 4.78 is 5.84.